The van der Waals surface area contributed by atoms with Crippen LogP contribution >= 0.6 is 0 Å². The van der Waals surface area contributed by atoms with E-state index < -0.39 is 29.0 Å². The third-order valence-corrected chi connectivity index (χ3v) is 6.18. The topological polar surface area (TPSA) is 126 Å². The molecule has 1 atom stereocenters. The number of piperidine rings is 1. The van der Waals surface area contributed by atoms with Gasteiger partial charge in [0.05, 0.1) is 0 Å². The molecule has 1 aliphatic rings. The lowest BCUT2D eigenvalue weighted by atomic mass is 9.97. The van der Waals surface area contributed by atoms with Gasteiger partial charge in [0.15, 0.2) is 5.82 Å². The number of rotatable bonds is 7. The molecule has 2 aromatic carbocycles. The number of aromatic nitrogens is 1. The number of likely N-dealkylation sites (tertiary alicyclic amines) is 1. The van der Waals surface area contributed by atoms with E-state index in [0.29, 0.717) is 36.8 Å². The summed E-state index contributed by atoms with van der Waals surface area (Å²) in [5, 5.41) is 16.7. The number of anilines is 3. The summed E-state index contributed by atoms with van der Waals surface area (Å²) in [7, 11) is 0. The van der Waals surface area contributed by atoms with Gasteiger partial charge in [0.2, 0.25) is 11.8 Å². The first-order chi connectivity index (χ1) is 18.0. The fourth-order valence-corrected chi connectivity index (χ4v) is 4.15. The molecular weight excluding hydrogens is 496 g/mol. The van der Waals surface area contributed by atoms with Crippen LogP contribution < -0.4 is 16.4 Å². The predicted molar refractivity (Wildman–Crippen MR) is 139 cm³/mol. The van der Waals surface area contributed by atoms with Crippen LogP contribution in [0.5, 0.6) is 0 Å². The molecule has 0 bridgehead atoms. The molecule has 1 unspecified atom stereocenters. The normalized spacial score (nSPS) is 15.4. The van der Waals surface area contributed by atoms with Gasteiger partial charge in [-0.1, -0.05) is 18.2 Å². The number of carbonyl (C=O) groups is 1. The summed E-state index contributed by atoms with van der Waals surface area (Å²) >= 11 is 0. The van der Waals surface area contributed by atoms with Crippen LogP contribution in [0.2, 0.25) is 0 Å². The first-order valence-corrected chi connectivity index (χ1v) is 12.5. The van der Waals surface area contributed by atoms with Gasteiger partial charge >= 0.3 is 6.09 Å². The van der Waals surface area contributed by atoms with Gasteiger partial charge in [-0.15, -0.1) is 0 Å². The highest BCUT2D eigenvalue weighted by Gasteiger charge is 2.27. The van der Waals surface area contributed by atoms with Gasteiger partial charge in [-0.3, -0.25) is 5.32 Å². The smallest absolute Gasteiger partial charge is 0.410 e. The number of ether oxygens (including phenoxy) is 1. The zero-order valence-corrected chi connectivity index (χ0v) is 21.6. The molecule has 38 heavy (non-hydrogen) atoms. The predicted octanol–water partition coefficient (Wildman–Crippen LogP) is 5.17. The van der Waals surface area contributed by atoms with Gasteiger partial charge in [0, 0.05) is 25.3 Å². The third-order valence-electron chi connectivity index (χ3n) is 6.18. The SMILES string of the molecule is CC(C)(C)OC(=O)N1CCC(CNC(O)c2ccc(Nc3oc(-c4c(F)cccc4F)nc3N)cc2)CC1. The van der Waals surface area contributed by atoms with Crippen LogP contribution in [-0.4, -0.2) is 46.3 Å². The minimum atomic E-state index is -0.876. The van der Waals surface area contributed by atoms with Crippen molar-refractivity contribution in [2.75, 3.05) is 30.7 Å². The van der Waals surface area contributed by atoms with Crippen molar-refractivity contribution in [3.8, 4) is 11.5 Å². The summed E-state index contributed by atoms with van der Waals surface area (Å²) in [6.07, 6.45) is 0.470. The van der Waals surface area contributed by atoms with Crippen molar-refractivity contribution in [2.45, 2.75) is 45.4 Å². The number of nitrogens with one attached hydrogen (secondary N) is 2. The number of oxazole rings is 1. The minimum Gasteiger partial charge on any atom is -0.444 e. The summed E-state index contributed by atoms with van der Waals surface area (Å²) in [5.41, 5.74) is 6.20. The molecule has 2 heterocycles. The van der Waals surface area contributed by atoms with Crippen molar-refractivity contribution in [2.24, 2.45) is 5.92 Å². The number of amides is 1. The van der Waals surface area contributed by atoms with E-state index in [1.165, 1.54) is 6.07 Å². The van der Waals surface area contributed by atoms with E-state index in [0.717, 1.165) is 25.0 Å². The quantitative estimate of drug-likeness (QED) is 0.309. The lowest BCUT2D eigenvalue weighted by Crippen LogP contribution is -2.43. The molecule has 4 rings (SSSR count). The number of benzene rings is 2. The lowest BCUT2D eigenvalue weighted by Gasteiger charge is -2.33. The van der Waals surface area contributed by atoms with E-state index in [2.05, 4.69) is 15.6 Å². The van der Waals surface area contributed by atoms with Crippen LogP contribution in [0.1, 0.15) is 45.4 Å². The fraction of sp³-hybridized carbons (Fsp3) is 0.407. The Hall–Kier alpha value is -3.70. The summed E-state index contributed by atoms with van der Waals surface area (Å²) in [4.78, 5) is 17.9. The highest BCUT2D eigenvalue weighted by atomic mass is 19.1. The van der Waals surface area contributed by atoms with Gasteiger partial charge in [-0.2, -0.15) is 4.98 Å². The molecule has 3 aromatic rings. The number of nitrogens with two attached hydrogens (primary N) is 1. The minimum absolute atomic E-state index is 0.0480. The van der Waals surface area contributed by atoms with Crippen molar-refractivity contribution < 1.29 is 27.8 Å². The molecule has 5 N–H and O–H groups in total. The monoisotopic (exact) mass is 529 g/mol. The first kappa shape index (κ1) is 27.3. The van der Waals surface area contributed by atoms with Gasteiger partial charge in [-0.05, 0) is 69.4 Å². The third kappa shape index (κ3) is 6.78. The molecule has 1 saturated heterocycles. The largest absolute Gasteiger partial charge is 0.444 e. The van der Waals surface area contributed by atoms with Crippen LogP contribution in [0.3, 0.4) is 0 Å². The van der Waals surface area contributed by atoms with Crippen LogP contribution in [0, 0.1) is 17.6 Å². The average Bonchev–Trinajstić information content (AvgIpc) is 3.21. The van der Waals surface area contributed by atoms with Crippen LogP contribution in [0.15, 0.2) is 46.9 Å². The molecule has 1 aliphatic heterocycles. The van der Waals surface area contributed by atoms with Crippen molar-refractivity contribution in [3.63, 3.8) is 0 Å². The summed E-state index contributed by atoms with van der Waals surface area (Å²) in [6.45, 7) is 7.39. The van der Waals surface area contributed by atoms with Crippen molar-refractivity contribution in [3.05, 3.63) is 59.7 Å². The van der Waals surface area contributed by atoms with Crippen LogP contribution in [0.4, 0.5) is 31.0 Å². The second-order valence-electron chi connectivity index (χ2n) is 10.3. The standard InChI is InChI=1S/C27H33F2N5O4/c1-27(2,3)38-26(36)34-13-11-16(12-14-34)15-31-23(35)17-7-9-18(10-8-17)32-25-22(30)33-24(37-25)21-19(28)5-4-6-20(21)29/h4-10,16,23,31-32,35H,11-15,30H2,1-3H3. The van der Waals surface area contributed by atoms with Crippen molar-refractivity contribution in [1.29, 1.82) is 0 Å². The van der Waals surface area contributed by atoms with Gasteiger partial charge in [0.25, 0.3) is 0 Å². The van der Waals surface area contributed by atoms with E-state index in [4.69, 9.17) is 14.9 Å². The molecule has 0 radical (unpaired) electrons. The number of aliphatic hydroxyl groups excluding tert-OH is 1. The molecule has 0 aliphatic carbocycles. The number of carbonyl (C=O) groups excluding carboxylic acids is 1. The van der Waals surface area contributed by atoms with Gasteiger partial charge in [0.1, 0.15) is 29.0 Å². The number of aliphatic hydroxyl groups is 1. The van der Waals surface area contributed by atoms with E-state index in [1.54, 1.807) is 29.2 Å². The van der Waals surface area contributed by atoms with E-state index in [1.807, 2.05) is 20.8 Å². The Bertz CT molecular complexity index is 1230. The molecule has 1 fully saturated rings. The first-order valence-electron chi connectivity index (χ1n) is 12.5. The van der Waals surface area contributed by atoms with Crippen molar-refractivity contribution in [1.82, 2.24) is 15.2 Å². The highest BCUT2D eigenvalue weighted by molar-refractivity contribution is 5.69. The second-order valence-corrected chi connectivity index (χ2v) is 10.3. The highest BCUT2D eigenvalue weighted by Crippen LogP contribution is 2.32. The zero-order chi connectivity index (χ0) is 27.4. The summed E-state index contributed by atoms with van der Waals surface area (Å²) < 4.78 is 39.0. The molecule has 1 aromatic heterocycles. The molecular formula is C27H33F2N5O4. The fourth-order valence-electron chi connectivity index (χ4n) is 4.15. The maximum absolute atomic E-state index is 14.1. The Kier molecular flexibility index (Phi) is 8.17. The van der Waals surface area contributed by atoms with Gasteiger partial charge < -0.3 is 30.2 Å². The van der Waals surface area contributed by atoms with E-state index >= 15 is 0 Å². The molecule has 204 valence electrons. The lowest BCUT2D eigenvalue weighted by molar-refractivity contribution is 0.0176. The number of halogens is 2. The number of nitrogens with zero attached hydrogens (tertiary/aromatic N) is 2. The zero-order valence-electron chi connectivity index (χ0n) is 21.6. The second kappa shape index (κ2) is 11.4. The Labute approximate surface area is 220 Å². The Morgan fingerprint density at radius 1 is 1.18 bits per heavy atom. The van der Waals surface area contributed by atoms with Gasteiger partial charge in [-0.25, -0.2) is 13.6 Å². The molecule has 9 nitrogen and oxygen atoms in total. The Balaban J connectivity index is 1.28. The Morgan fingerprint density at radius 2 is 1.82 bits per heavy atom. The van der Waals surface area contributed by atoms with E-state index in [-0.39, 0.29) is 23.7 Å². The number of nitrogen functional groups attached to an aromatic ring is 1. The number of hydrogen-bond acceptors (Lipinski definition) is 8. The maximum Gasteiger partial charge on any atom is 0.410 e. The van der Waals surface area contributed by atoms with Crippen molar-refractivity contribution >= 4 is 23.5 Å². The van der Waals surface area contributed by atoms with Crippen LogP contribution in [0.25, 0.3) is 11.5 Å². The Morgan fingerprint density at radius 3 is 2.42 bits per heavy atom. The van der Waals surface area contributed by atoms with Crippen LogP contribution in [-0.2, 0) is 4.74 Å². The summed E-state index contributed by atoms with van der Waals surface area (Å²) in [5.74, 6) is -1.56. The number of hydrogen-bond donors (Lipinski definition) is 4. The maximum atomic E-state index is 14.1. The van der Waals surface area contributed by atoms with E-state index in [9.17, 15) is 18.7 Å². The average molecular weight is 530 g/mol. The molecule has 0 saturated carbocycles. The molecule has 1 amide bonds. The molecule has 0 spiro atoms. The molecule has 11 heteroatoms. The summed E-state index contributed by atoms with van der Waals surface area (Å²) in [6, 6.07) is 10.4.